The second-order valence-electron chi connectivity index (χ2n) is 7.27. The fraction of sp³-hybridized carbons (Fsp3) is 0.0833. The van der Waals surface area contributed by atoms with Crippen molar-refractivity contribution in [2.75, 3.05) is 34.4 Å². The van der Waals surface area contributed by atoms with E-state index in [9.17, 15) is 13.2 Å². The molecule has 2 heterocycles. The van der Waals surface area contributed by atoms with Crippen LogP contribution in [0.25, 0.3) is 10.4 Å². The molecule has 174 valence electrons. The first-order valence-electron chi connectivity index (χ1n) is 10.3. The highest BCUT2D eigenvalue weighted by Gasteiger charge is 2.24. The molecule has 2 aromatic carbocycles. The Hall–Kier alpha value is -3.89. The Kier molecular flexibility index (Phi) is 6.80. The van der Waals surface area contributed by atoms with Crippen LogP contribution in [0.15, 0.2) is 89.3 Å². The van der Waals surface area contributed by atoms with Gasteiger partial charge < -0.3 is 16.0 Å². The maximum absolute atomic E-state index is 13.2. The molecule has 0 unspecified atom stereocenters. The minimum atomic E-state index is -3.75. The third kappa shape index (κ3) is 5.19. The summed E-state index contributed by atoms with van der Waals surface area (Å²) < 4.78 is 27.8. The Morgan fingerprint density at radius 2 is 1.56 bits per heavy atom. The van der Waals surface area contributed by atoms with Crippen LogP contribution in [0.3, 0.4) is 0 Å². The van der Waals surface area contributed by atoms with E-state index < -0.39 is 10.0 Å². The number of thiophene rings is 1. The molecule has 34 heavy (non-hydrogen) atoms. The molecule has 0 saturated carbocycles. The molecule has 0 bridgehead atoms. The number of hydrogen-bond donors (Lipinski definition) is 3. The van der Waals surface area contributed by atoms with Gasteiger partial charge in [-0.05, 0) is 60.7 Å². The van der Waals surface area contributed by atoms with Crippen molar-refractivity contribution in [1.82, 2.24) is 4.98 Å². The standard InChI is InChI=1S/C24H23N5O3S2/c1-25-22-14-8-17(16-26-22)21-13-15-23(33-21)34(31,32)29(2)20-11-9-19(10-12-20)28-24(30)27-18-6-4-3-5-7-18/h3-16H,1-2H3,(H,25,26)(H2,27,28,30). The molecule has 4 aromatic rings. The molecule has 2 aromatic heterocycles. The average Bonchev–Trinajstić information content (AvgIpc) is 3.36. The highest BCUT2D eigenvalue weighted by Crippen LogP contribution is 2.33. The molecule has 0 spiro atoms. The summed E-state index contributed by atoms with van der Waals surface area (Å²) in [5.74, 6) is 0.739. The van der Waals surface area contributed by atoms with Gasteiger partial charge in [-0.2, -0.15) is 0 Å². The van der Waals surface area contributed by atoms with Crippen molar-refractivity contribution in [3.8, 4) is 10.4 Å². The molecule has 0 atom stereocenters. The number of hydrogen-bond acceptors (Lipinski definition) is 6. The predicted molar refractivity (Wildman–Crippen MR) is 138 cm³/mol. The van der Waals surface area contributed by atoms with Gasteiger partial charge in [0.2, 0.25) is 0 Å². The van der Waals surface area contributed by atoms with Crippen LogP contribution in [-0.4, -0.2) is 33.5 Å². The second-order valence-corrected chi connectivity index (χ2v) is 10.5. The first kappa shape index (κ1) is 23.3. The van der Waals surface area contributed by atoms with Gasteiger partial charge in [0, 0.05) is 42.1 Å². The van der Waals surface area contributed by atoms with E-state index in [-0.39, 0.29) is 10.2 Å². The lowest BCUT2D eigenvalue weighted by Crippen LogP contribution is -2.25. The van der Waals surface area contributed by atoms with Crippen LogP contribution in [0.2, 0.25) is 0 Å². The summed E-state index contributed by atoms with van der Waals surface area (Å²) in [4.78, 5) is 17.3. The molecule has 8 nitrogen and oxygen atoms in total. The van der Waals surface area contributed by atoms with Crippen molar-refractivity contribution in [2.45, 2.75) is 4.21 Å². The molecule has 4 rings (SSSR count). The topological polar surface area (TPSA) is 103 Å². The van der Waals surface area contributed by atoms with E-state index in [1.807, 2.05) is 30.3 Å². The number of para-hydroxylation sites is 1. The van der Waals surface area contributed by atoms with Gasteiger partial charge in [-0.15, -0.1) is 11.3 Å². The smallest absolute Gasteiger partial charge is 0.323 e. The molecular formula is C24H23N5O3S2. The summed E-state index contributed by atoms with van der Waals surface area (Å²) in [5, 5.41) is 8.42. The van der Waals surface area contributed by atoms with Gasteiger partial charge in [-0.3, -0.25) is 4.31 Å². The number of nitrogens with one attached hydrogen (secondary N) is 3. The zero-order chi connectivity index (χ0) is 24.1. The fourth-order valence-corrected chi connectivity index (χ4v) is 5.81. The van der Waals surface area contributed by atoms with Crippen LogP contribution in [0.5, 0.6) is 0 Å². The molecule has 0 saturated heterocycles. The van der Waals surface area contributed by atoms with Gasteiger partial charge in [-0.1, -0.05) is 18.2 Å². The summed E-state index contributed by atoms with van der Waals surface area (Å²) in [7, 11) is -0.459. The third-order valence-corrected chi connectivity index (χ3v) is 8.41. The Bertz CT molecular complexity index is 1370. The van der Waals surface area contributed by atoms with Crippen LogP contribution >= 0.6 is 11.3 Å². The number of aromatic nitrogens is 1. The molecule has 0 aliphatic heterocycles. The zero-order valence-electron chi connectivity index (χ0n) is 18.5. The molecule has 0 fully saturated rings. The Morgan fingerprint density at radius 3 is 2.18 bits per heavy atom. The minimum absolute atomic E-state index is 0.229. The highest BCUT2D eigenvalue weighted by atomic mass is 32.2. The van der Waals surface area contributed by atoms with Gasteiger partial charge in [0.25, 0.3) is 10.0 Å². The van der Waals surface area contributed by atoms with Gasteiger partial charge in [-0.25, -0.2) is 18.2 Å². The highest BCUT2D eigenvalue weighted by molar-refractivity contribution is 7.94. The van der Waals surface area contributed by atoms with Crippen molar-refractivity contribution in [2.24, 2.45) is 0 Å². The number of benzene rings is 2. The molecule has 0 aliphatic carbocycles. The Labute approximate surface area is 202 Å². The van der Waals surface area contributed by atoms with Crippen molar-refractivity contribution in [3.05, 3.63) is 85.1 Å². The van der Waals surface area contributed by atoms with Crippen LogP contribution in [0.4, 0.5) is 27.7 Å². The molecule has 0 radical (unpaired) electrons. The maximum Gasteiger partial charge on any atom is 0.323 e. The normalized spacial score (nSPS) is 11.0. The van der Waals surface area contributed by atoms with E-state index in [0.29, 0.717) is 17.1 Å². The lowest BCUT2D eigenvalue weighted by Gasteiger charge is -2.19. The van der Waals surface area contributed by atoms with Crippen molar-refractivity contribution < 1.29 is 13.2 Å². The second kappa shape index (κ2) is 9.94. The zero-order valence-corrected chi connectivity index (χ0v) is 20.2. The first-order chi connectivity index (χ1) is 16.4. The number of rotatable bonds is 7. The summed E-state index contributed by atoms with van der Waals surface area (Å²) in [6.45, 7) is 0. The number of carbonyl (C=O) groups is 1. The number of carbonyl (C=O) groups excluding carboxylic acids is 1. The van der Waals surface area contributed by atoms with E-state index in [1.54, 1.807) is 61.8 Å². The Morgan fingerprint density at radius 1 is 0.882 bits per heavy atom. The number of anilines is 4. The summed E-state index contributed by atoms with van der Waals surface area (Å²) in [5.41, 5.74) is 2.53. The lowest BCUT2D eigenvalue weighted by molar-refractivity contribution is 0.262. The quantitative estimate of drug-likeness (QED) is 0.323. The number of sulfonamides is 1. The van der Waals surface area contributed by atoms with Crippen molar-refractivity contribution in [3.63, 3.8) is 0 Å². The molecule has 2 amide bonds. The molecular weight excluding hydrogens is 470 g/mol. The van der Waals surface area contributed by atoms with E-state index in [0.717, 1.165) is 16.3 Å². The Balaban J connectivity index is 1.45. The fourth-order valence-electron chi connectivity index (χ4n) is 3.14. The number of urea groups is 1. The monoisotopic (exact) mass is 493 g/mol. The number of amides is 2. The number of pyridine rings is 1. The van der Waals surface area contributed by atoms with E-state index in [2.05, 4.69) is 20.9 Å². The van der Waals surface area contributed by atoms with Gasteiger partial charge in [0.1, 0.15) is 10.0 Å². The minimum Gasteiger partial charge on any atom is -0.373 e. The first-order valence-corrected chi connectivity index (χ1v) is 12.6. The van der Waals surface area contributed by atoms with Gasteiger partial charge >= 0.3 is 6.03 Å². The SMILES string of the molecule is CNc1ccc(-c2ccc(S(=O)(=O)N(C)c3ccc(NC(=O)Nc4ccccc4)cc3)s2)cn1. The molecule has 0 aliphatic rings. The van der Waals surface area contributed by atoms with Gasteiger partial charge in [0.15, 0.2) is 0 Å². The summed E-state index contributed by atoms with van der Waals surface area (Å²) >= 11 is 1.19. The van der Waals surface area contributed by atoms with E-state index in [4.69, 9.17) is 0 Å². The van der Waals surface area contributed by atoms with Crippen LogP contribution < -0.4 is 20.3 Å². The largest absolute Gasteiger partial charge is 0.373 e. The third-order valence-electron chi connectivity index (χ3n) is 5.02. The maximum atomic E-state index is 13.2. The lowest BCUT2D eigenvalue weighted by atomic mass is 10.2. The predicted octanol–water partition coefficient (Wildman–Crippen LogP) is 5.32. The van der Waals surface area contributed by atoms with Crippen molar-refractivity contribution >= 4 is 50.3 Å². The average molecular weight is 494 g/mol. The summed E-state index contributed by atoms with van der Waals surface area (Å²) in [6.07, 6.45) is 1.71. The van der Waals surface area contributed by atoms with Crippen LogP contribution in [0, 0.1) is 0 Å². The van der Waals surface area contributed by atoms with E-state index in [1.165, 1.54) is 22.7 Å². The van der Waals surface area contributed by atoms with Crippen LogP contribution in [-0.2, 0) is 10.0 Å². The number of nitrogens with zero attached hydrogens (tertiary/aromatic N) is 2. The van der Waals surface area contributed by atoms with Crippen LogP contribution in [0.1, 0.15) is 0 Å². The van der Waals surface area contributed by atoms with E-state index >= 15 is 0 Å². The molecule has 3 N–H and O–H groups in total. The summed E-state index contributed by atoms with van der Waals surface area (Å²) in [6, 6.07) is 22.4. The molecule has 10 heteroatoms. The van der Waals surface area contributed by atoms with Gasteiger partial charge in [0.05, 0.1) is 5.69 Å². The van der Waals surface area contributed by atoms with Crippen molar-refractivity contribution in [1.29, 1.82) is 0 Å².